The zero-order chi connectivity index (χ0) is 11.0. The van der Waals surface area contributed by atoms with Crippen LogP contribution in [0.2, 0.25) is 10.4 Å². The number of ether oxygens (including phenoxy) is 1. The predicted molar refractivity (Wildman–Crippen MR) is 56.1 cm³/mol. The van der Waals surface area contributed by atoms with E-state index in [4.69, 9.17) is 27.9 Å². The van der Waals surface area contributed by atoms with Crippen LogP contribution < -0.4 is 4.74 Å². The Labute approximate surface area is 94.8 Å². The van der Waals surface area contributed by atoms with Gasteiger partial charge in [-0.2, -0.15) is 0 Å². The maximum atomic E-state index is 13.4. The van der Waals surface area contributed by atoms with E-state index in [0.717, 1.165) is 0 Å². The van der Waals surface area contributed by atoms with Crippen molar-refractivity contribution < 1.29 is 9.13 Å². The molecule has 0 saturated carbocycles. The molecule has 0 aliphatic carbocycles. The summed E-state index contributed by atoms with van der Waals surface area (Å²) in [5.41, 5.74) is 0.0550. The minimum Gasteiger partial charge on any atom is -0.496 e. The lowest BCUT2D eigenvalue weighted by molar-refractivity contribution is 0.419. The molecule has 1 aromatic heterocycles. The number of halogens is 3. The van der Waals surface area contributed by atoms with Crippen LogP contribution in [0, 0.1) is 5.82 Å². The molecular weight excluding hydrogens is 242 g/mol. The molecule has 3 nitrogen and oxygen atoms in total. The van der Waals surface area contributed by atoms with Gasteiger partial charge in [-0.05, 0) is 23.7 Å². The molecule has 0 aliphatic heterocycles. The first-order chi connectivity index (χ1) is 7.13. The van der Waals surface area contributed by atoms with Crippen molar-refractivity contribution in [2.75, 3.05) is 7.11 Å². The fraction of sp³-hybridized carbons (Fsp3) is 0.111. The van der Waals surface area contributed by atoms with Crippen molar-refractivity contribution in [3.8, 4) is 5.75 Å². The Kier molecular flexibility index (Phi) is 2.63. The second-order valence-electron chi connectivity index (χ2n) is 2.76. The predicted octanol–water partition coefficient (Wildman–Crippen LogP) is 3.08. The molecule has 0 radical (unpaired) electrons. The van der Waals surface area contributed by atoms with Gasteiger partial charge in [-0.1, -0.05) is 11.6 Å². The normalized spacial score (nSPS) is 10.7. The molecule has 0 amide bonds. The molecule has 6 heteroatoms. The first-order valence-corrected chi connectivity index (χ1v) is 4.74. The molecule has 0 N–H and O–H groups in total. The van der Waals surface area contributed by atoms with E-state index < -0.39 is 5.82 Å². The molecule has 0 saturated heterocycles. The molecule has 0 bridgehead atoms. The van der Waals surface area contributed by atoms with Gasteiger partial charge in [0.1, 0.15) is 22.2 Å². The van der Waals surface area contributed by atoms with E-state index >= 15 is 0 Å². The lowest BCUT2D eigenvalue weighted by atomic mass is 10.2. The van der Waals surface area contributed by atoms with E-state index in [1.54, 1.807) is 0 Å². The van der Waals surface area contributed by atoms with Gasteiger partial charge in [0.15, 0.2) is 0 Å². The van der Waals surface area contributed by atoms with Gasteiger partial charge in [0.25, 0.3) is 0 Å². The van der Waals surface area contributed by atoms with Crippen molar-refractivity contribution in [1.29, 1.82) is 0 Å². The summed E-state index contributed by atoms with van der Waals surface area (Å²) in [7, 11) is 1.46. The highest BCUT2D eigenvalue weighted by Crippen LogP contribution is 2.32. The summed E-state index contributed by atoms with van der Waals surface area (Å²) in [4.78, 5) is 7.48. The van der Waals surface area contributed by atoms with Crippen molar-refractivity contribution in [2.24, 2.45) is 0 Å². The number of fused-ring (bicyclic) bond motifs is 1. The summed E-state index contributed by atoms with van der Waals surface area (Å²) in [6.45, 7) is 0. The minimum atomic E-state index is -0.517. The number of hydrogen-bond acceptors (Lipinski definition) is 3. The van der Waals surface area contributed by atoms with Gasteiger partial charge >= 0.3 is 0 Å². The number of rotatable bonds is 1. The van der Waals surface area contributed by atoms with Crippen LogP contribution in [0.15, 0.2) is 12.1 Å². The zero-order valence-electron chi connectivity index (χ0n) is 7.59. The summed E-state index contributed by atoms with van der Waals surface area (Å²) in [5, 5.41) is 0.296. The number of aromatic nitrogens is 2. The summed E-state index contributed by atoms with van der Waals surface area (Å²) >= 11 is 11.4. The Morgan fingerprint density at radius 2 is 2.00 bits per heavy atom. The van der Waals surface area contributed by atoms with Gasteiger partial charge in [0, 0.05) is 0 Å². The highest BCUT2D eigenvalue weighted by atomic mass is 35.5. The SMILES string of the molecule is COc1ccc(F)c2nc(Cl)nc(Cl)c12. The maximum absolute atomic E-state index is 13.4. The van der Waals surface area contributed by atoms with E-state index in [0.29, 0.717) is 11.1 Å². The number of methoxy groups -OCH3 is 1. The molecular formula is C9H5Cl2FN2O. The van der Waals surface area contributed by atoms with Crippen LogP contribution >= 0.6 is 23.2 Å². The molecule has 78 valence electrons. The fourth-order valence-electron chi connectivity index (χ4n) is 1.28. The second kappa shape index (κ2) is 3.79. The Hall–Kier alpha value is -1.13. The summed E-state index contributed by atoms with van der Waals surface area (Å²) in [6, 6.07) is 2.70. The van der Waals surface area contributed by atoms with Gasteiger partial charge in [-0.15, -0.1) is 0 Å². The van der Waals surface area contributed by atoms with Crippen molar-refractivity contribution >= 4 is 34.1 Å². The van der Waals surface area contributed by atoms with Gasteiger partial charge in [0.05, 0.1) is 12.5 Å². The van der Waals surface area contributed by atoms with Gasteiger partial charge in [-0.3, -0.25) is 0 Å². The third-order valence-electron chi connectivity index (χ3n) is 1.91. The molecule has 2 aromatic rings. The highest BCUT2D eigenvalue weighted by Gasteiger charge is 2.13. The first kappa shape index (κ1) is 10.4. The monoisotopic (exact) mass is 246 g/mol. The third-order valence-corrected chi connectivity index (χ3v) is 2.35. The number of nitrogens with zero attached hydrogens (tertiary/aromatic N) is 2. The van der Waals surface area contributed by atoms with Crippen LogP contribution in [0.25, 0.3) is 10.9 Å². The van der Waals surface area contributed by atoms with Gasteiger partial charge in [0.2, 0.25) is 5.28 Å². The molecule has 0 spiro atoms. The van der Waals surface area contributed by atoms with E-state index in [-0.39, 0.29) is 16.0 Å². The fourth-order valence-corrected chi connectivity index (χ4v) is 1.76. The van der Waals surface area contributed by atoms with Crippen molar-refractivity contribution in [1.82, 2.24) is 9.97 Å². The zero-order valence-corrected chi connectivity index (χ0v) is 9.10. The summed E-state index contributed by atoms with van der Waals surface area (Å²) in [6.07, 6.45) is 0. The minimum absolute atomic E-state index is 0.0550. The third kappa shape index (κ3) is 1.70. The highest BCUT2D eigenvalue weighted by molar-refractivity contribution is 6.36. The smallest absolute Gasteiger partial charge is 0.224 e. The van der Waals surface area contributed by atoms with Crippen LogP contribution in [0.5, 0.6) is 5.75 Å². The largest absolute Gasteiger partial charge is 0.496 e. The Balaban J connectivity index is 2.93. The van der Waals surface area contributed by atoms with E-state index in [2.05, 4.69) is 9.97 Å². The lowest BCUT2D eigenvalue weighted by Gasteiger charge is -2.06. The molecule has 0 atom stereocenters. The topological polar surface area (TPSA) is 35.0 Å². The van der Waals surface area contributed by atoms with Crippen molar-refractivity contribution in [3.63, 3.8) is 0 Å². The maximum Gasteiger partial charge on any atom is 0.224 e. The van der Waals surface area contributed by atoms with Crippen LogP contribution in [0.1, 0.15) is 0 Å². The molecule has 0 fully saturated rings. The number of hydrogen-bond donors (Lipinski definition) is 0. The average molecular weight is 247 g/mol. The van der Waals surface area contributed by atoms with Crippen molar-refractivity contribution in [2.45, 2.75) is 0 Å². The summed E-state index contributed by atoms with van der Waals surface area (Å²) in [5.74, 6) is -0.106. The molecule has 0 unspecified atom stereocenters. The van der Waals surface area contributed by atoms with Crippen LogP contribution in [-0.2, 0) is 0 Å². The van der Waals surface area contributed by atoms with E-state index in [9.17, 15) is 4.39 Å². The molecule has 1 heterocycles. The van der Waals surface area contributed by atoms with Gasteiger partial charge in [-0.25, -0.2) is 14.4 Å². The van der Waals surface area contributed by atoms with Crippen LogP contribution in [-0.4, -0.2) is 17.1 Å². The summed E-state index contributed by atoms with van der Waals surface area (Å²) < 4.78 is 18.4. The lowest BCUT2D eigenvalue weighted by Crippen LogP contribution is -1.93. The Bertz CT molecular complexity index is 533. The van der Waals surface area contributed by atoms with Crippen LogP contribution in [0.4, 0.5) is 4.39 Å². The Morgan fingerprint density at radius 3 is 2.67 bits per heavy atom. The molecule has 0 aliphatic rings. The number of benzene rings is 1. The molecule has 15 heavy (non-hydrogen) atoms. The van der Waals surface area contributed by atoms with Crippen molar-refractivity contribution in [3.05, 3.63) is 28.4 Å². The first-order valence-electron chi connectivity index (χ1n) is 3.98. The Morgan fingerprint density at radius 1 is 1.27 bits per heavy atom. The average Bonchev–Trinajstić information content (AvgIpc) is 2.19. The van der Waals surface area contributed by atoms with E-state index in [1.807, 2.05) is 0 Å². The van der Waals surface area contributed by atoms with Crippen LogP contribution in [0.3, 0.4) is 0 Å². The molecule has 2 rings (SSSR count). The second-order valence-corrected chi connectivity index (χ2v) is 3.45. The quantitative estimate of drug-likeness (QED) is 0.573. The van der Waals surface area contributed by atoms with E-state index in [1.165, 1.54) is 19.2 Å². The van der Waals surface area contributed by atoms with Gasteiger partial charge < -0.3 is 4.74 Å². The standard InChI is InChI=1S/C9H5Cl2FN2O/c1-15-5-3-2-4(12)7-6(5)8(10)14-9(11)13-7/h2-3H,1H3. The molecule has 1 aromatic carbocycles.